The van der Waals surface area contributed by atoms with Gasteiger partial charge in [-0.25, -0.2) is 14.2 Å². The van der Waals surface area contributed by atoms with E-state index >= 15 is 0 Å². The molecule has 0 aliphatic heterocycles. The summed E-state index contributed by atoms with van der Waals surface area (Å²) in [6.45, 7) is 0.886. The van der Waals surface area contributed by atoms with Crippen LogP contribution in [0.15, 0.2) is 24.3 Å². The molecule has 1 aromatic carbocycles. The molecule has 0 spiro atoms. The van der Waals surface area contributed by atoms with E-state index in [1.807, 2.05) is 0 Å². The van der Waals surface area contributed by atoms with Gasteiger partial charge in [0.25, 0.3) is 0 Å². The van der Waals surface area contributed by atoms with Crippen molar-refractivity contribution in [3.05, 3.63) is 35.8 Å². The number of pyridine rings is 1. The molecule has 1 aromatic heterocycles. The highest BCUT2D eigenvalue weighted by Gasteiger charge is 2.15. The number of esters is 1. The molecule has 0 N–H and O–H groups in total. The lowest BCUT2D eigenvalue weighted by molar-refractivity contribution is 0.0594. The Balaban J connectivity index is 2.41. The van der Waals surface area contributed by atoms with Gasteiger partial charge in [0.2, 0.25) is 0 Å². The quantitative estimate of drug-likeness (QED) is 0.605. The summed E-state index contributed by atoms with van der Waals surface area (Å²) in [6, 6.07) is 5.86. The van der Waals surface area contributed by atoms with Crippen molar-refractivity contribution in [2.75, 3.05) is 27.4 Å². The van der Waals surface area contributed by atoms with Gasteiger partial charge >= 0.3 is 5.97 Å². The van der Waals surface area contributed by atoms with Crippen molar-refractivity contribution < 1.29 is 23.4 Å². The molecule has 0 atom stereocenters. The van der Waals surface area contributed by atoms with Crippen LogP contribution in [0.5, 0.6) is 5.75 Å². The summed E-state index contributed by atoms with van der Waals surface area (Å²) < 4.78 is 29.1. The molecule has 0 radical (unpaired) electrons. The maximum absolute atomic E-state index is 14.0. The Morgan fingerprint density at radius 1 is 1.29 bits per heavy atom. The van der Waals surface area contributed by atoms with E-state index < -0.39 is 11.8 Å². The standard InChI is InChI=1S/C15H16FNO4/c1-19-7-4-8-21-13-9-12(15(18)20-2)17-11-6-3-5-10(16)14(11)13/h3,5-6,9H,4,7-8H2,1-2H3. The topological polar surface area (TPSA) is 57.7 Å². The monoisotopic (exact) mass is 293 g/mol. The minimum Gasteiger partial charge on any atom is -0.493 e. The number of carbonyl (C=O) groups excluding carboxylic acids is 1. The molecule has 21 heavy (non-hydrogen) atoms. The number of nitrogens with zero attached hydrogens (tertiary/aromatic N) is 1. The van der Waals surface area contributed by atoms with Crippen LogP contribution < -0.4 is 4.74 Å². The Morgan fingerprint density at radius 3 is 2.81 bits per heavy atom. The number of carbonyl (C=O) groups is 1. The Kier molecular flexibility index (Phi) is 5.05. The van der Waals surface area contributed by atoms with Crippen molar-refractivity contribution in [2.24, 2.45) is 0 Å². The van der Waals surface area contributed by atoms with Crippen molar-refractivity contribution in [1.29, 1.82) is 0 Å². The maximum Gasteiger partial charge on any atom is 0.356 e. The minimum absolute atomic E-state index is 0.0809. The number of aromatic nitrogens is 1. The number of hydrogen-bond donors (Lipinski definition) is 0. The number of halogens is 1. The first-order valence-corrected chi connectivity index (χ1v) is 6.46. The molecule has 2 rings (SSSR count). The summed E-state index contributed by atoms with van der Waals surface area (Å²) in [5.41, 5.74) is 0.428. The summed E-state index contributed by atoms with van der Waals surface area (Å²) in [4.78, 5) is 15.7. The number of hydrogen-bond acceptors (Lipinski definition) is 5. The predicted molar refractivity (Wildman–Crippen MR) is 75.0 cm³/mol. The highest BCUT2D eigenvalue weighted by Crippen LogP contribution is 2.28. The van der Waals surface area contributed by atoms with Crippen LogP contribution in [0.4, 0.5) is 4.39 Å². The number of rotatable bonds is 6. The molecule has 0 fully saturated rings. The van der Waals surface area contributed by atoms with Gasteiger partial charge in [-0.2, -0.15) is 0 Å². The summed E-state index contributed by atoms with van der Waals surface area (Å²) in [7, 11) is 2.86. The molecule has 6 heteroatoms. The van der Waals surface area contributed by atoms with Crippen LogP contribution >= 0.6 is 0 Å². The van der Waals surface area contributed by atoms with Crippen molar-refractivity contribution in [2.45, 2.75) is 6.42 Å². The van der Waals surface area contributed by atoms with Crippen LogP contribution in [0.25, 0.3) is 10.9 Å². The zero-order valence-electron chi connectivity index (χ0n) is 11.9. The summed E-state index contributed by atoms with van der Waals surface area (Å²) in [5, 5.41) is 0.252. The fraction of sp³-hybridized carbons (Fsp3) is 0.333. The van der Waals surface area contributed by atoms with Crippen LogP contribution in [-0.2, 0) is 9.47 Å². The second kappa shape index (κ2) is 6.99. The zero-order valence-corrected chi connectivity index (χ0v) is 11.9. The van der Waals surface area contributed by atoms with E-state index in [4.69, 9.17) is 9.47 Å². The van der Waals surface area contributed by atoms with Gasteiger partial charge in [0.1, 0.15) is 11.6 Å². The van der Waals surface area contributed by atoms with Gasteiger partial charge in [0.15, 0.2) is 5.69 Å². The van der Waals surface area contributed by atoms with E-state index in [9.17, 15) is 9.18 Å². The first-order chi connectivity index (χ1) is 10.2. The summed E-state index contributed by atoms with van der Waals surface area (Å²) in [6.07, 6.45) is 0.655. The molecule has 0 unspecified atom stereocenters. The smallest absolute Gasteiger partial charge is 0.356 e. The van der Waals surface area contributed by atoms with Crippen LogP contribution in [0, 0.1) is 5.82 Å². The molecule has 0 amide bonds. The molecule has 112 valence electrons. The average molecular weight is 293 g/mol. The van der Waals surface area contributed by atoms with Gasteiger partial charge in [0.05, 0.1) is 24.6 Å². The zero-order chi connectivity index (χ0) is 15.2. The van der Waals surface area contributed by atoms with Crippen LogP contribution in [0.3, 0.4) is 0 Å². The van der Waals surface area contributed by atoms with E-state index in [0.717, 1.165) is 0 Å². The Bertz CT molecular complexity index is 645. The van der Waals surface area contributed by atoms with Crippen LogP contribution in [-0.4, -0.2) is 38.4 Å². The van der Waals surface area contributed by atoms with E-state index in [0.29, 0.717) is 25.2 Å². The molecule has 0 bridgehead atoms. The van der Waals surface area contributed by atoms with E-state index in [-0.39, 0.29) is 16.8 Å². The molecule has 1 heterocycles. The third kappa shape index (κ3) is 3.46. The van der Waals surface area contributed by atoms with Gasteiger partial charge in [-0.15, -0.1) is 0 Å². The fourth-order valence-corrected chi connectivity index (χ4v) is 1.92. The molecule has 2 aromatic rings. The predicted octanol–water partition coefficient (Wildman–Crippen LogP) is 2.58. The van der Waals surface area contributed by atoms with Crippen molar-refractivity contribution in [1.82, 2.24) is 4.98 Å². The molecule has 0 saturated heterocycles. The van der Waals surface area contributed by atoms with Crippen LogP contribution in [0.1, 0.15) is 16.9 Å². The van der Waals surface area contributed by atoms with Crippen molar-refractivity contribution in [3.8, 4) is 5.75 Å². The molecule has 0 aliphatic rings. The number of fused-ring (bicyclic) bond motifs is 1. The van der Waals surface area contributed by atoms with Gasteiger partial charge in [-0.3, -0.25) is 0 Å². The highest BCUT2D eigenvalue weighted by molar-refractivity contribution is 5.94. The lowest BCUT2D eigenvalue weighted by Gasteiger charge is -2.11. The molecular formula is C15H16FNO4. The van der Waals surface area contributed by atoms with Gasteiger partial charge in [0, 0.05) is 26.2 Å². The normalized spacial score (nSPS) is 10.6. The van der Waals surface area contributed by atoms with E-state index in [1.54, 1.807) is 13.2 Å². The lowest BCUT2D eigenvalue weighted by Crippen LogP contribution is -2.07. The van der Waals surface area contributed by atoms with Crippen molar-refractivity contribution >= 4 is 16.9 Å². The highest BCUT2D eigenvalue weighted by atomic mass is 19.1. The van der Waals surface area contributed by atoms with E-state index in [1.165, 1.54) is 25.3 Å². The fourth-order valence-electron chi connectivity index (χ4n) is 1.92. The Morgan fingerprint density at radius 2 is 2.10 bits per heavy atom. The summed E-state index contributed by atoms with van der Waals surface area (Å²) >= 11 is 0. The van der Waals surface area contributed by atoms with Gasteiger partial charge < -0.3 is 14.2 Å². The molecule has 0 aliphatic carbocycles. The second-order valence-corrected chi connectivity index (χ2v) is 4.33. The second-order valence-electron chi connectivity index (χ2n) is 4.33. The number of methoxy groups -OCH3 is 2. The average Bonchev–Trinajstić information content (AvgIpc) is 2.50. The summed E-state index contributed by atoms with van der Waals surface area (Å²) in [5.74, 6) is -0.768. The third-order valence-electron chi connectivity index (χ3n) is 2.89. The Labute approximate surface area is 121 Å². The molecular weight excluding hydrogens is 277 g/mol. The van der Waals surface area contributed by atoms with Crippen molar-refractivity contribution in [3.63, 3.8) is 0 Å². The van der Waals surface area contributed by atoms with Gasteiger partial charge in [-0.05, 0) is 12.1 Å². The third-order valence-corrected chi connectivity index (χ3v) is 2.89. The lowest BCUT2D eigenvalue weighted by atomic mass is 10.1. The largest absolute Gasteiger partial charge is 0.493 e. The molecule has 0 saturated carbocycles. The number of ether oxygens (including phenoxy) is 3. The maximum atomic E-state index is 14.0. The van der Waals surface area contributed by atoms with Crippen LogP contribution in [0.2, 0.25) is 0 Å². The Hall–Kier alpha value is -2.21. The minimum atomic E-state index is -0.595. The number of benzene rings is 1. The first-order valence-electron chi connectivity index (χ1n) is 6.46. The SMILES string of the molecule is COCCCOc1cc(C(=O)OC)nc2cccc(F)c12. The van der Waals surface area contributed by atoms with E-state index in [2.05, 4.69) is 9.72 Å². The molecule has 5 nitrogen and oxygen atoms in total. The van der Waals surface area contributed by atoms with Gasteiger partial charge in [-0.1, -0.05) is 6.07 Å². The first kappa shape index (κ1) is 15.2.